The number of hydrogen-bond acceptors (Lipinski definition) is 3. The van der Waals surface area contributed by atoms with E-state index in [4.69, 9.17) is 0 Å². The largest absolute Gasteiger partial charge is 0.279 e. The first-order valence-electron chi connectivity index (χ1n) is 9.96. The Hall–Kier alpha value is -1.41. The van der Waals surface area contributed by atoms with Crippen molar-refractivity contribution in [3.05, 3.63) is 63.2 Å². The van der Waals surface area contributed by atoms with Crippen molar-refractivity contribution in [3.8, 4) is 0 Å². The number of hydrazone groups is 1. The second-order valence-corrected chi connectivity index (χ2v) is 10.3. The average Bonchev–Trinajstić information content (AvgIpc) is 2.72. The molecular formula is C22H27IN2O2S. The number of sulfonamides is 1. The fourth-order valence-electron chi connectivity index (χ4n) is 3.34. The van der Waals surface area contributed by atoms with E-state index in [1.807, 2.05) is 0 Å². The van der Waals surface area contributed by atoms with Crippen LogP contribution in [0.4, 0.5) is 0 Å². The highest BCUT2D eigenvalue weighted by atomic mass is 127. The molecule has 0 saturated carbocycles. The lowest BCUT2D eigenvalue weighted by Crippen LogP contribution is -2.32. The first kappa shape index (κ1) is 21.3. The van der Waals surface area contributed by atoms with Gasteiger partial charge < -0.3 is 0 Å². The van der Waals surface area contributed by atoms with Crippen LogP contribution in [0.2, 0.25) is 0 Å². The van der Waals surface area contributed by atoms with E-state index < -0.39 is 10.0 Å². The molecule has 6 heteroatoms. The van der Waals surface area contributed by atoms with E-state index in [2.05, 4.69) is 58.9 Å². The monoisotopic (exact) mass is 510 g/mol. The normalized spacial score (nSPS) is 14.8. The summed E-state index contributed by atoms with van der Waals surface area (Å²) in [5, 5.41) is 4.50. The Kier molecular flexibility index (Phi) is 7.51. The summed E-state index contributed by atoms with van der Waals surface area (Å²) >= 11 is 2.17. The lowest BCUT2D eigenvalue weighted by Gasteiger charge is -2.25. The number of aryl methyl sites for hydroxylation is 1. The number of unbranched alkanes of at least 4 members (excludes halogenated alkanes) is 3. The zero-order valence-corrected chi connectivity index (χ0v) is 19.2. The van der Waals surface area contributed by atoms with Gasteiger partial charge in [-0.3, -0.25) is 0 Å². The number of halogens is 1. The molecule has 4 nitrogen and oxygen atoms in total. The second-order valence-electron chi connectivity index (χ2n) is 7.16. The molecule has 1 heterocycles. The van der Waals surface area contributed by atoms with Crippen molar-refractivity contribution in [3.63, 3.8) is 0 Å². The highest BCUT2D eigenvalue weighted by molar-refractivity contribution is 14.1. The van der Waals surface area contributed by atoms with E-state index >= 15 is 0 Å². The van der Waals surface area contributed by atoms with Crippen molar-refractivity contribution in [1.29, 1.82) is 0 Å². The average molecular weight is 510 g/mol. The van der Waals surface area contributed by atoms with E-state index in [0.717, 1.165) is 34.1 Å². The van der Waals surface area contributed by atoms with E-state index in [9.17, 15) is 8.42 Å². The van der Waals surface area contributed by atoms with Crippen molar-refractivity contribution in [1.82, 2.24) is 4.41 Å². The molecule has 3 rings (SSSR count). The Balaban J connectivity index is 1.73. The van der Waals surface area contributed by atoms with Gasteiger partial charge in [0.05, 0.1) is 17.2 Å². The van der Waals surface area contributed by atoms with E-state index in [-0.39, 0.29) is 0 Å². The smallest absolute Gasteiger partial charge is 0.200 e. The van der Waals surface area contributed by atoms with Crippen molar-refractivity contribution < 1.29 is 8.42 Å². The molecule has 0 aliphatic carbocycles. The molecule has 0 atom stereocenters. The van der Waals surface area contributed by atoms with Crippen molar-refractivity contribution >= 4 is 38.3 Å². The van der Waals surface area contributed by atoms with Gasteiger partial charge in [0.15, 0.2) is 0 Å². The van der Waals surface area contributed by atoms with Crippen LogP contribution in [-0.2, 0) is 16.4 Å². The Morgan fingerprint density at radius 3 is 2.39 bits per heavy atom. The summed E-state index contributed by atoms with van der Waals surface area (Å²) in [5.41, 5.74) is 3.19. The van der Waals surface area contributed by atoms with Crippen LogP contribution in [-0.4, -0.2) is 25.1 Å². The van der Waals surface area contributed by atoms with Gasteiger partial charge in [-0.05, 0) is 83.7 Å². The number of rotatable bonds is 8. The van der Waals surface area contributed by atoms with Crippen LogP contribution < -0.4 is 0 Å². The zero-order valence-electron chi connectivity index (χ0n) is 16.3. The molecule has 1 aliphatic heterocycles. The Morgan fingerprint density at radius 1 is 1.00 bits per heavy atom. The quantitative estimate of drug-likeness (QED) is 0.343. The van der Waals surface area contributed by atoms with Gasteiger partial charge in [0.25, 0.3) is 10.0 Å². The fraction of sp³-hybridized carbons (Fsp3) is 0.409. The first-order valence-corrected chi connectivity index (χ1v) is 12.5. The molecule has 0 spiro atoms. The van der Waals surface area contributed by atoms with E-state index in [1.165, 1.54) is 35.7 Å². The van der Waals surface area contributed by atoms with Gasteiger partial charge >= 0.3 is 0 Å². The molecule has 2 aromatic rings. The molecule has 150 valence electrons. The maximum absolute atomic E-state index is 12.9. The minimum Gasteiger partial charge on any atom is -0.200 e. The van der Waals surface area contributed by atoms with Crippen LogP contribution in [0.25, 0.3) is 0 Å². The summed E-state index contributed by atoms with van der Waals surface area (Å²) < 4.78 is 28.1. The van der Waals surface area contributed by atoms with Gasteiger partial charge in [0, 0.05) is 3.57 Å². The summed E-state index contributed by atoms with van der Waals surface area (Å²) in [4.78, 5) is 0.292. The van der Waals surface area contributed by atoms with Gasteiger partial charge in [0.1, 0.15) is 0 Å². The molecular weight excluding hydrogens is 483 g/mol. The van der Waals surface area contributed by atoms with Crippen LogP contribution in [0.3, 0.4) is 0 Å². The fourth-order valence-corrected chi connectivity index (χ4v) is 5.00. The Labute approximate surface area is 182 Å². The minimum absolute atomic E-state index is 0.292. The first-order chi connectivity index (χ1) is 13.5. The van der Waals surface area contributed by atoms with Crippen molar-refractivity contribution in [2.75, 3.05) is 6.54 Å². The SMILES string of the molecule is CCCCCCc1ccc(C2=NN(S(=O)(=O)c3ccc(I)cc3)CCC2)cc1. The molecule has 1 aliphatic rings. The third-order valence-corrected chi connectivity index (χ3v) is 7.40. The summed E-state index contributed by atoms with van der Waals surface area (Å²) in [6.45, 7) is 2.65. The summed E-state index contributed by atoms with van der Waals surface area (Å²) in [6.07, 6.45) is 7.71. The van der Waals surface area contributed by atoms with E-state index in [1.54, 1.807) is 24.3 Å². The van der Waals surface area contributed by atoms with Crippen LogP contribution in [0, 0.1) is 3.57 Å². The molecule has 0 amide bonds. The lowest BCUT2D eigenvalue weighted by molar-refractivity contribution is 0.410. The third kappa shape index (κ3) is 5.35. The number of nitrogens with zero attached hydrogens (tertiary/aromatic N) is 2. The minimum atomic E-state index is -3.60. The summed E-state index contributed by atoms with van der Waals surface area (Å²) in [7, 11) is -3.60. The molecule has 0 fully saturated rings. The standard InChI is InChI=1S/C22H27IN2O2S/c1-2-3-4-5-7-18-9-11-19(12-10-18)22-8-6-17-25(24-22)28(26,27)21-15-13-20(23)14-16-21/h9-16H,2-8,17H2,1H3. The third-order valence-electron chi connectivity index (χ3n) is 4.99. The van der Waals surface area contributed by atoms with Gasteiger partial charge in [-0.2, -0.15) is 17.9 Å². The van der Waals surface area contributed by atoms with Crippen LogP contribution in [0.5, 0.6) is 0 Å². The maximum Gasteiger partial charge on any atom is 0.279 e. The molecule has 0 saturated heterocycles. The van der Waals surface area contributed by atoms with E-state index in [0.29, 0.717) is 11.4 Å². The molecule has 0 aromatic heterocycles. The Morgan fingerprint density at radius 2 is 1.71 bits per heavy atom. The predicted molar refractivity (Wildman–Crippen MR) is 123 cm³/mol. The molecule has 2 aromatic carbocycles. The number of benzene rings is 2. The maximum atomic E-state index is 12.9. The van der Waals surface area contributed by atoms with Gasteiger partial charge in [0.2, 0.25) is 0 Å². The molecule has 28 heavy (non-hydrogen) atoms. The second kappa shape index (κ2) is 9.87. The highest BCUT2D eigenvalue weighted by Gasteiger charge is 2.26. The topological polar surface area (TPSA) is 49.7 Å². The lowest BCUT2D eigenvalue weighted by atomic mass is 10.0. The molecule has 0 unspecified atom stereocenters. The summed E-state index contributed by atoms with van der Waals surface area (Å²) in [6, 6.07) is 15.4. The Bertz CT molecular complexity index is 907. The van der Waals surface area contributed by atoms with Crippen LogP contribution in [0.1, 0.15) is 56.6 Å². The molecule has 0 radical (unpaired) electrons. The van der Waals surface area contributed by atoms with Crippen molar-refractivity contribution in [2.24, 2.45) is 5.10 Å². The highest BCUT2D eigenvalue weighted by Crippen LogP contribution is 2.23. The van der Waals surface area contributed by atoms with Gasteiger partial charge in [-0.1, -0.05) is 50.5 Å². The van der Waals surface area contributed by atoms with Crippen LogP contribution in [0.15, 0.2) is 58.5 Å². The molecule has 0 bridgehead atoms. The number of hydrogen-bond donors (Lipinski definition) is 0. The van der Waals surface area contributed by atoms with Crippen LogP contribution >= 0.6 is 22.6 Å². The predicted octanol–water partition coefficient (Wildman–Crippen LogP) is 5.60. The van der Waals surface area contributed by atoms with Gasteiger partial charge in [-0.25, -0.2) is 0 Å². The van der Waals surface area contributed by atoms with Gasteiger partial charge in [-0.15, -0.1) is 0 Å². The zero-order chi connectivity index (χ0) is 20.0. The summed E-state index contributed by atoms with van der Waals surface area (Å²) in [5.74, 6) is 0. The molecule has 0 N–H and O–H groups in total. The van der Waals surface area contributed by atoms with Crippen molar-refractivity contribution in [2.45, 2.75) is 56.8 Å².